The second-order valence-electron chi connectivity index (χ2n) is 5.81. The summed E-state index contributed by atoms with van der Waals surface area (Å²) in [5.74, 6) is -0.135. The van der Waals surface area contributed by atoms with Crippen molar-refractivity contribution in [1.82, 2.24) is 4.40 Å². The van der Waals surface area contributed by atoms with Crippen LogP contribution in [0.15, 0.2) is 72.8 Å². The Morgan fingerprint density at radius 1 is 0.792 bits per heavy atom. The molecule has 2 heterocycles. The van der Waals surface area contributed by atoms with E-state index in [9.17, 15) is 9.59 Å². The van der Waals surface area contributed by atoms with E-state index in [0.717, 1.165) is 16.4 Å². The van der Waals surface area contributed by atoms with Crippen molar-refractivity contribution in [2.75, 3.05) is 0 Å². The number of hydrogen-bond acceptors (Lipinski definition) is 2. The number of ketones is 2. The Morgan fingerprint density at radius 2 is 1.50 bits per heavy atom. The second-order valence-corrected chi connectivity index (χ2v) is 5.81. The number of aromatic nitrogens is 1. The van der Waals surface area contributed by atoms with Gasteiger partial charge in [-0.1, -0.05) is 54.6 Å². The quantitative estimate of drug-likeness (QED) is 0.521. The van der Waals surface area contributed by atoms with Crippen LogP contribution in [0.5, 0.6) is 0 Å². The fourth-order valence-electron chi connectivity index (χ4n) is 3.14. The SMILES string of the molecule is CC(=O)c1cc(C(=O)c2ccccc2)n2c1ccc1ccccc12. The highest BCUT2D eigenvalue weighted by molar-refractivity contribution is 6.13. The maximum atomic E-state index is 13.0. The van der Waals surface area contributed by atoms with Crippen LogP contribution >= 0.6 is 0 Å². The van der Waals surface area contributed by atoms with Crippen LogP contribution in [0, 0.1) is 0 Å². The molecule has 0 aliphatic rings. The van der Waals surface area contributed by atoms with Gasteiger partial charge in [0.1, 0.15) is 0 Å². The third-order valence-corrected chi connectivity index (χ3v) is 4.29. The molecule has 3 heteroatoms. The summed E-state index contributed by atoms with van der Waals surface area (Å²) in [6, 6.07) is 22.6. The van der Waals surface area contributed by atoms with Crippen LogP contribution in [0.1, 0.15) is 33.3 Å². The topological polar surface area (TPSA) is 38.5 Å². The molecule has 4 rings (SSSR count). The van der Waals surface area contributed by atoms with Crippen LogP contribution in [0.4, 0.5) is 0 Å². The number of fused-ring (bicyclic) bond motifs is 3. The standard InChI is InChI=1S/C21H15NO2/c1-14(23)17-13-20(21(24)16-8-3-2-4-9-16)22-18-10-6-5-7-15(18)11-12-19(17)22/h2-13H,1H3. The second kappa shape index (κ2) is 5.46. The number of pyridine rings is 1. The maximum Gasteiger partial charge on any atom is 0.209 e. The van der Waals surface area contributed by atoms with E-state index in [-0.39, 0.29) is 11.6 Å². The highest BCUT2D eigenvalue weighted by atomic mass is 16.1. The molecule has 0 spiro atoms. The summed E-state index contributed by atoms with van der Waals surface area (Å²) in [7, 11) is 0. The van der Waals surface area contributed by atoms with Gasteiger partial charge in [-0.25, -0.2) is 0 Å². The highest BCUT2D eigenvalue weighted by Gasteiger charge is 2.20. The molecule has 0 fully saturated rings. The zero-order valence-electron chi connectivity index (χ0n) is 13.2. The molecule has 3 nitrogen and oxygen atoms in total. The van der Waals surface area contributed by atoms with Crippen LogP contribution in [0.2, 0.25) is 0 Å². The number of Topliss-reactive ketones (excluding diaryl/α,β-unsaturated/α-hetero) is 1. The third kappa shape index (κ3) is 2.14. The molecule has 2 aromatic carbocycles. The van der Waals surface area contributed by atoms with Crippen molar-refractivity contribution in [2.24, 2.45) is 0 Å². The highest BCUT2D eigenvalue weighted by Crippen LogP contribution is 2.26. The minimum Gasteiger partial charge on any atom is -0.305 e. The Hall–Kier alpha value is -3.20. The zero-order valence-corrected chi connectivity index (χ0v) is 13.2. The van der Waals surface area contributed by atoms with Crippen LogP contribution in [-0.2, 0) is 0 Å². The first-order chi connectivity index (χ1) is 11.7. The van der Waals surface area contributed by atoms with Crippen LogP contribution in [0.3, 0.4) is 0 Å². The van der Waals surface area contributed by atoms with E-state index < -0.39 is 0 Å². The molecule has 24 heavy (non-hydrogen) atoms. The molecule has 0 radical (unpaired) electrons. The third-order valence-electron chi connectivity index (χ3n) is 4.29. The van der Waals surface area contributed by atoms with Gasteiger partial charge in [0.25, 0.3) is 0 Å². The number of para-hydroxylation sites is 1. The Kier molecular flexibility index (Phi) is 3.28. The lowest BCUT2D eigenvalue weighted by atomic mass is 10.1. The Bertz CT molecular complexity index is 1090. The van der Waals surface area contributed by atoms with Crippen LogP contribution in [-0.4, -0.2) is 16.0 Å². The monoisotopic (exact) mass is 313 g/mol. The first-order valence-corrected chi connectivity index (χ1v) is 7.81. The lowest BCUT2D eigenvalue weighted by molar-refractivity contribution is 0.101. The molecular weight excluding hydrogens is 298 g/mol. The first kappa shape index (κ1) is 14.4. The fourth-order valence-corrected chi connectivity index (χ4v) is 3.14. The van der Waals surface area contributed by atoms with Gasteiger partial charge in [-0.15, -0.1) is 0 Å². The Morgan fingerprint density at radius 3 is 2.25 bits per heavy atom. The lowest BCUT2D eigenvalue weighted by Gasteiger charge is -2.07. The van der Waals surface area contributed by atoms with Gasteiger partial charge in [-0.05, 0) is 30.5 Å². The smallest absolute Gasteiger partial charge is 0.209 e. The van der Waals surface area contributed by atoms with E-state index in [0.29, 0.717) is 16.8 Å². The Balaban J connectivity index is 2.09. The number of benzene rings is 2. The van der Waals surface area contributed by atoms with Gasteiger partial charge in [0.05, 0.1) is 16.7 Å². The van der Waals surface area contributed by atoms with E-state index in [1.807, 2.05) is 59.0 Å². The molecule has 0 amide bonds. The molecule has 0 N–H and O–H groups in total. The van der Waals surface area contributed by atoms with E-state index in [2.05, 4.69) is 0 Å². The summed E-state index contributed by atoms with van der Waals surface area (Å²) in [4.78, 5) is 25.1. The van der Waals surface area contributed by atoms with E-state index >= 15 is 0 Å². The van der Waals surface area contributed by atoms with Crippen molar-refractivity contribution in [3.63, 3.8) is 0 Å². The van der Waals surface area contributed by atoms with Crippen molar-refractivity contribution >= 4 is 28.0 Å². The largest absolute Gasteiger partial charge is 0.305 e. The summed E-state index contributed by atoms with van der Waals surface area (Å²) < 4.78 is 1.89. The summed E-state index contributed by atoms with van der Waals surface area (Å²) in [5, 5.41) is 1.03. The summed E-state index contributed by atoms with van der Waals surface area (Å²) in [5.41, 5.74) is 3.38. The van der Waals surface area contributed by atoms with Crippen molar-refractivity contribution in [3.05, 3.63) is 89.6 Å². The molecule has 0 aliphatic carbocycles. The number of rotatable bonds is 3. The van der Waals surface area contributed by atoms with Crippen molar-refractivity contribution in [2.45, 2.75) is 6.92 Å². The maximum absolute atomic E-state index is 13.0. The van der Waals surface area contributed by atoms with Gasteiger partial charge in [-0.2, -0.15) is 0 Å². The van der Waals surface area contributed by atoms with E-state index in [1.54, 1.807) is 18.2 Å². The van der Waals surface area contributed by atoms with E-state index in [1.165, 1.54) is 6.92 Å². The van der Waals surface area contributed by atoms with Gasteiger partial charge in [-0.3, -0.25) is 9.59 Å². The van der Waals surface area contributed by atoms with Gasteiger partial charge in [0.2, 0.25) is 5.78 Å². The summed E-state index contributed by atoms with van der Waals surface area (Å²) >= 11 is 0. The van der Waals surface area contributed by atoms with Crippen molar-refractivity contribution < 1.29 is 9.59 Å². The molecule has 4 aromatic rings. The lowest BCUT2D eigenvalue weighted by Crippen LogP contribution is -2.05. The van der Waals surface area contributed by atoms with Crippen LogP contribution in [0.25, 0.3) is 16.4 Å². The predicted molar refractivity (Wildman–Crippen MR) is 94.8 cm³/mol. The number of hydrogen-bond donors (Lipinski definition) is 0. The number of carbonyl (C=O) groups excluding carboxylic acids is 2. The predicted octanol–water partition coefficient (Wildman–Crippen LogP) is 4.53. The van der Waals surface area contributed by atoms with Gasteiger partial charge >= 0.3 is 0 Å². The normalized spacial score (nSPS) is 11.0. The molecule has 0 saturated carbocycles. The van der Waals surface area contributed by atoms with Gasteiger partial charge in [0.15, 0.2) is 5.78 Å². The minimum absolute atomic E-state index is 0.0464. The molecule has 2 aromatic heterocycles. The van der Waals surface area contributed by atoms with Gasteiger partial charge < -0.3 is 4.40 Å². The fraction of sp³-hybridized carbons (Fsp3) is 0.0476. The number of nitrogens with zero attached hydrogens (tertiary/aromatic N) is 1. The molecule has 0 atom stereocenters. The van der Waals surface area contributed by atoms with Crippen molar-refractivity contribution in [3.8, 4) is 0 Å². The van der Waals surface area contributed by atoms with E-state index in [4.69, 9.17) is 0 Å². The average molecular weight is 313 g/mol. The van der Waals surface area contributed by atoms with Crippen LogP contribution < -0.4 is 0 Å². The average Bonchev–Trinajstić information content (AvgIpc) is 3.02. The molecule has 0 aliphatic heterocycles. The molecular formula is C21H15NO2. The minimum atomic E-state index is -0.0885. The Labute approximate surface area is 139 Å². The van der Waals surface area contributed by atoms with Crippen molar-refractivity contribution in [1.29, 1.82) is 0 Å². The molecule has 0 saturated heterocycles. The molecule has 116 valence electrons. The van der Waals surface area contributed by atoms with Gasteiger partial charge in [0, 0.05) is 11.1 Å². The summed E-state index contributed by atoms with van der Waals surface area (Å²) in [6.07, 6.45) is 0. The summed E-state index contributed by atoms with van der Waals surface area (Å²) in [6.45, 7) is 1.53. The first-order valence-electron chi connectivity index (χ1n) is 7.81. The zero-order chi connectivity index (χ0) is 16.7. The number of carbonyl (C=O) groups is 2. The molecule has 0 bridgehead atoms. The molecule has 0 unspecified atom stereocenters.